The SMILES string of the molecule is CCCCc1ccc(S(=O)(=O)Nc2ccc(CC)cc2)cc1. The van der Waals surface area contributed by atoms with Gasteiger partial charge in [0.25, 0.3) is 10.0 Å². The summed E-state index contributed by atoms with van der Waals surface area (Å²) in [5.41, 5.74) is 2.95. The summed E-state index contributed by atoms with van der Waals surface area (Å²) in [6, 6.07) is 14.6. The fourth-order valence-corrected chi connectivity index (χ4v) is 3.30. The van der Waals surface area contributed by atoms with Crippen molar-refractivity contribution in [3.63, 3.8) is 0 Å². The minimum absolute atomic E-state index is 0.298. The van der Waals surface area contributed by atoms with Crippen LogP contribution < -0.4 is 4.72 Å². The van der Waals surface area contributed by atoms with Gasteiger partial charge in [0, 0.05) is 5.69 Å². The fourth-order valence-electron chi connectivity index (χ4n) is 2.24. The molecule has 0 saturated heterocycles. The van der Waals surface area contributed by atoms with E-state index in [4.69, 9.17) is 0 Å². The van der Waals surface area contributed by atoms with Crippen LogP contribution in [0.4, 0.5) is 5.69 Å². The van der Waals surface area contributed by atoms with E-state index in [9.17, 15) is 8.42 Å². The average Bonchev–Trinajstić information content (AvgIpc) is 2.53. The quantitative estimate of drug-likeness (QED) is 0.823. The second-order valence-electron chi connectivity index (χ2n) is 5.40. The first kappa shape index (κ1) is 16.6. The summed E-state index contributed by atoms with van der Waals surface area (Å²) >= 11 is 0. The highest BCUT2D eigenvalue weighted by Crippen LogP contribution is 2.18. The van der Waals surface area contributed by atoms with E-state index in [0.29, 0.717) is 10.6 Å². The lowest BCUT2D eigenvalue weighted by atomic mass is 10.1. The van der Waals surface area contributed by atoms with Crippen LogP contribution in [0.15, 0.2) is 53.4 Å². The Balaban J connectivity index is 2.11. The van der Waals surface area contributed by atoms with Gasteiger partial charge in [-0.1, -0.05) is 44.5 Å². The Morgan fingerprint density at radius 2 is 1.45 bits per heavy atom. The molecule has 0 aliphatic carbocycles. The third-order valence-corrected chi connectivity index (χ3v) is 5.06. The molecule has 22 heavy (non-hydrogen) atoms. The summed E-state index contributed by atoms with van der Waals surface area (Å²) in [5, 5.41) is 0. The van der Waals surface area contributed by atoms with E-state index >= 15 is 0 Å². The summed E-state index contributed by atoms with van der Waals surface area (Å²) in [5.74, 6) is 0. The molecule has 0 spiro atoms. The van der Waals surface area contributed by atoms with E-state index in [2.05, 4.69) is 18.6 Å². The molecule has 2 aromatic rings. The first-order chi connectivity index (χ1) is 10.5. The summed E-state index contributed by atoms with van der Waals surface area (Å²) in [6.45, 7) is 4.21. The van der Waals surface area contributed by atoms with Crippen molar-refractivity contribution in [1.29, 1.82) is 0 Å². The van der Waals surface area contributed by atoms with Crippen LogP contribution in [0.2, 0.25) is 0 Å². The lowest BCUT2D eigenvalue weighted by Crippen LogP contribution is -2.12. The van der Waals surface area contributed by atoms with Crippen molar-refractivity contribution in [3.05, 3.63) is 59.7 Å². The van der Waals surface area contributed by atoms with Crippen molar-refractivity contribution in [2.24, 2.45) is 0 Å². The second kappa shape index (κ2) is 7.45. The molecule has 0 bridgehead atoms. The highest BCUT2D eigenvalue weighted by Gasteiger charge is 2.13. The highest BCUT2D eigenvalue weighted by atomic mass is 32.2. The Kier molecular flexibility index (Phi) is 5.61. The summed E-state index contributed by atoms with van der Waals surface area (Å²) < 4.78 is 27.4. The molecular formula is C18H23NO2S. The summed E-state index contributed by atoms with van der Waals surface area (Å²) in [7, 11) is -3.52. The Hall–Kier alpha value is -1.81. The second-order valence-corrected chi connectivity index (χ2v) is 7.09. The van der Waals surface area contributed by atoms with Crippen LogP contribution in [-0.4, -0.2) is 8.42 Å². The highest BCUT2D eigenvalue weighted by molar-refractivity contribution is 7.92. The lowest BCUT2D eigenvalue weighted by molar-refractivity contribution is 0.601. The zero-order chi connectivity index (χ0) is 16.0. The molecule has 0 heterocycles. The van der Waals surface area contributed by atoms with Crippen molar-refractivity contribution < 1.29 is 8.42 Å². The van der Waals surface area contributed by atoms with Gasteiger partial charge in [-0.3, -0.25) is 4.72 Å². The van der Waals surface area contributed by atoms with E-state index in [1.54, 1.807) is 24.3 Å². The van der Waals surface area contributed by atoms with E-state index in [1.807, 2.05) is 24.3 Å². The standard InChI is InChI=1S/C18H23NO2S/c1-3-5-6-16-9-13-18(14-10-16)22(20,21)19-17-11-7-15(4-2)8-12-17/h7-14,19H,3-6H2,1-2H3. The number of rotatable bonds is 7. The monoisotopic (exact) mass is 317 g/mol. The van der Waals surface area contributed by atoms with Gasteiger partial charge in [-0.2, -0.15) is 0 Å². The molecule has 2 aromatic carbocycles. The number of nitrogens with one attached hydrogen (secondary N) is 1. The maximum absolute atomic E-state index is 12.4. The van der Waals surface area contributed by atoms with Gasteiger partial charge >= 0.3 is 0 Å². The summed E-state index contributed by atoms with van der Waals surface area (Å²) in [4.78, 5) is 0.298. The van der Waals surface area contributed by atoms with Gasteiger partial charge in [0.1, 0.15) is 0 Å². The molecule has 0 unspecified atom stereocenters. The van der Waals surface area contributed by atoms with Crippen molar-refractivity contribution in [3.8, 4) is 0 Å². The summed E-state index contributed by atoms with van der Waals surface area (Å²) in [6.07, 6.45) is 4.18. The number of hydrogen-bond donors (Lipinski definition) is 1. The van der Waals surface area contributed by atoms with E-state index in [0.717, 1.165) is 25.7 Å². The molecule has 118 valence electrons. The first-order valence-electron chi connectivity index (χ1n) is 7.76. The number of sulfonamides is 1. The predicted octanol–water partition coefficient (Wildman–Crippen LogP) is 4.39. The Labute approximate surface area is 133 Å². The maximum atomic E-state index is 12.4. The predicted molar refractivity (Wildman–Crippen MR) is 91.7 cm³/mol. The number of benzene rings is 2. The minimum Gasteiger partial charge on any atom is -0.280 e. The van der Waals surface area contributed by atoms with Gasteiger partial charge in [0.05, 0.1) is 4.90 Å². The van der Waals surface area contributed by atoms with Gasteiger partial charge in [-0.25, -0.2) is 8.42 Å². The van der Waals surface area contributed by atoms with E-state index in [-0.39, 0.29) is 0 Å². The van der Waals surface area contributed by atoms with Crippen LogP contribution in [0.1, 0.15) is 37.8 Å². The number of unbranched alkanes of at least 4 members (excludes halogenated alkanes) is 1. The van der Waals surface area contributed by atoms with Gasteiger partial charge in [0.2, 0.25) is 0 Å². The third kappa shape index (κ3) is 4.34. The van der Waals surface area contributed by atoms with Crippen LogP contribution >= 0.6 is 0 Å². The van der Waals surface area contributed by atoms with E-state index < -0.39 is 10.0 Å². The minimum atomic E-state index is -3.52. The zero-order valence-corrected chi connectivity index (χ0v) is 14.0. The molecule has 0 aliphatic heterocycles. The molecular weight excluding hydrogens is 294 g/mol. The normalized spacial score (nSPS) is 11.4. The fraction of sp³-hybridized carbons (Fsp3) is 0.333. The van der Waals surface area contributed by atoms with Crippen LogP contribution in [0, 0.1) is 0 Å². The largest absolute Gasteiger partial charge is 0.280 e. The Morgan fingerprint density at radius 1 is 0.864 bits per heavy atom. The zero-order valence-electron chi connectivity index (χ0n) is 13.2. The molecule has 2 rings (SSSR count). The molecule has 0 amide bonds. The van der Waals surface area contributed by atoms with Gasteiger partial charge in [-0.15, -0.1) is 0 Å². The Bertz CT molecular complexity index is 689. The molecule has 0 aliphatic rings. The molecule has 0 fully saturated rings. The lowest BCUT2D eigenvalue weighted by Gasteiger charge is -2.09. The van der Waals surface area contributed by atoms with Crippen LogP contribution in [0.3, 0.4) is 0 Å². The van der Waals surface area contributed by atoms with Crippen molar-refractivity contribution in [2.75, 3.05) is 4.72 Å². The first-order valence-corrected chi connectivity index (χ1v) is 9.24. The molecule has 1 N–H and O–H groups in total. The molecule has 0 atom stereocenters. The van der Waals surface area contributed by atoms with Crippen molar-refractivity contribution >= 4 is 15.7 Å². The maximum Gasteiger partial charge on any atom is 0.261 e. The average molecular weight is 317 g/mol. The van der Waals surface area contributed by atoms with Crippen LogP contribution in [-0.2, 0) is 22.9 Å². The Morgan fingerprint density at radius 3 is 2.00 bits per heavy atom. The molecule has 0 saturated carbocycles. The molecule has 3 nitrogen and oxygen atoms in total. The van der Waals surface area contributed by atoms with Crippen LogP contribution in [0.25, 0.3) is 0 Å². The third-order valence-electron chi connectivity index (χ3n) is 3.67. The molecule has 0 aromatic heterocycles. The topological polar surface area (TPSA) is 46.2 Å². The van der Waals surface area contributed by atoms with E-state index in [1.165, 1.54) is 11.1 Å². The van der Waals surface area contributed by atoms with Gasteiger partial charge < -0.3 is 0 Å². The van der Waals surface area contributed by atoms with Crippen molar-refractivity contribution in [1.82, 2.24) is 0 Å². The number of hydrogen-bond acceptors (Lipinski definition) is 2. The van der Waals surface area contributed by atoms with Gasteiger partial charge in [-0.05, 0) is 54.7 Å². The van der Waals surface area contributed by atoms with Crippen molar-refractivity contribution in [2.45, 2.75) is 44.4 Å². The van der Waals surface area contributed by atoms with Crippen LogP contribution in [0.5, 0.6) is 0 Å². The molecule has 0 radical (unpaired) electrons. The smallest absolute Gasteiger partial charge is 0.261 e. The number of aryl methyl sites for hydroxylation is 2. The number of anilines is 1. The van der Waals surface area contributed by atoms with Gasteiger partial charge in [0.15, 0.2) is 0 Å². The molecule has 4 heteroatoms.